The van der Waals surface area contributed by atoms with Gasteiger partial charge in [0.15, 0.2) is 0 Å². The topological polar surface area (TPSA) is 58.6 Å². The highest BCUT2D eigenvalue weighted by Crippen LogP contribution is 2.28. The SMILES string of the molecule is O=C(NC[C@H]1CCCO1)[C@@H]1CC(=O)N(c2ccc(F)c(Cl)c2)C1. The molecule has 124 valence electrons. The van der Waals surface area contributed by atoms with Gasteiger partial charge in [0, 0.05) is 31.8 Å². The summed E-state index contributed by atoms with van der Waals surface area (Å²) in [6.45, 7) is 1.49. The van der Waals surface area contributed by atoms with Crippen LogP contribution >= 0.6 is 11.6 Å². The minimum Gasteiger partial charge on any atom is -0.376 e. The second kappa shape index (κ2) is 6.84. The molecule has 2 heterocycles. The van der Waals surface area contributed by atoms with Crippen LogP contribution in [0, 0.1) is 11.7 Å². The summed E-state index contributed by atoms with van der Waals surface area (Å²) in [5.41, 5.74) is 0.510. The van der Waals surface area contributed by atoms with E-state index in [4.69, 9.17) is 16.3 Å². The predicted octanol–water partition coefficient (Wildman–Crippen LogP) is 2.13. The van der Waals surface area contributed by atoms with Gasteiger partial charge in [-0.2, -0.15) is 0 Å². The summed E-state index contributed by atoms with van der Waals surface area (Å²) in [5, 5.41) is 2.81. The molecule has 2 amide bonds. The van der Waals surface area contributed by atoms with Crippen LogP contribution in [0.5, 0.6) is 0 Å². The van der Waals surface area contributed by atoms with Gasteiger partial charge in [-0.25, -0.2) is 4.39 Å². The fourth-order valence-corrected chi connectivity index (χ4v) is 3.12. The zero-order chi connectivity index (χ0) is 16.4. The first kappa shape index (κ1) is 16.2. The Morgan fingerprint density at radius 2 is 2.30 bits per heavy atom. The number of hydrogen-bond donors (Lipinski definition) is 1. The first-order valence-electron chi connectivity index (χ1n) is 7.69. The number of carbonyl (C=O) groups is 2. The predicted molar refractivity (Wildman–Crippen MR) is 83.9 cm³/mol. The van der Waals surface area contributed by atoms with E-state index in [2.05, 4.69) is 5.32 Å². The molecular formula is C16H18ClFN2O3. The van der Waals surface area contributed by atoms with E-state index in [0.717, 1.165) is 19.4 Å². The van der Waals surface area contributed by atoms with Crippen molar-refractivity contribution in [1.29, 1.82) is 0 Å². The maximum Gasteiger partial charge on any atom is 0.227 e. The number of benzene rings is 1. The molecule has 0 unspecified atom stereocenters. The van der Waals surface area contributed by atoms with Crippen LogP contribution in [0.2, 0.25) is 5.02 Å². The van der Waals surface area contributed by atoms with Crippen LogP contribution < -0.4 is 10.2 Å². The molecule has 0 spiro atoms. The highest BCUT2D eigenvalue weighted by molar-refractivity contribution is 6.31. The zero-order valence-electron chi connectivity index (χ0n) is 12.6. The average Bonchev–Trinajstić information content (AvgIpc) is 3.17. The molecule has 2 saturated heterocycles. The van der Waals surface area contributed by atoms with Crippen molar-refractivity contribution in [3.8, 4) is 0 Å². The van der Waals surface area contributed by atoms with E-state index < -0.39 is 11.7 Å². The number of halogens is 2. The van der Waals surface area contributed by atoms with E-state index in [0.29, 0.717) is 12.2 Å². The molecule has 0 radical (unpaired) electrons. The van der Waals surface area contributed by atoms with Crippen LogP contribution in [0.25, 0.3) is 0 Å². The van der Waals surface area contributed by atoms with Crippen LogP contribution in [0.4, 0.5) is 10.1 Å². The molecule has 1 N–H and O–H groups in total. The van der Waals surface area contributed by atoms with Gasteiger partial charge in [-0.15, -0.1) is 0 Å². The van der Waals surface area contributed by atoms with Gasteiger partial charge in [-0.05, 0) is 31.0 Å². The number of nitrogens with one attached hydrogen (secondary N) is 1. The van der Waals surface area contributed by atoms with Crippen molar-refractivity contribution < 1.29 is 18.7 Å². The van der Waals surface area contributed by atoms with Gasteiger partial charge >= 0.3 is 0 Å². The molecule has 1 aromatic carbocycles. The number of ether oxygens (including phenoxy) is 1. The van der Waals surface area contributed by atoms with Gasteiger partial charge in [0.25, 0.3) is 0 Å². The van der Waals surface area contributed by atoms with E-state index in [1.165, 1.54) is 23.1 Å². The van der Waals surface area contributed by atoms with Gasteiger partial charge in [-0.1, -0.05) is 11.6 Å². The van der Waals surface area contributed by atoms with Crippen molar-refractivity contribution in [2.45, 2.75) is 25.4 Å². The number of carbonyl (C=O) groups excluding carboxylic acids is 2. The van der Waals surface area contributed by atoms with Crippen LogP contribution in [0.3, 0.4) is 0 Å². The smallest absolute Gasteiger partial charge is 0.227 e. The molecule has 7 heteroatoms. The third-order valence-electron chi connectivity index (χ3n) is 4.24. The first-order chi connectivity index (χ1) is 11.0. The molecule has 5 nitrogen and oxygen atoms in total. The molecule has 2 atom stereocenters. The summed E-state index contributed by atoms with van der Waals surface area (Å²) < 4.78 is 18.7. The Hall–Kier alpha value is -1.66. The van der Waals surface area contributed by atoms with Crippen molar-refractivity contribution in [3.63, 3.8) is 0 Å². The Morgan fingerprint density at radius 1 is 1.48 bits per heavy atom. The number of hydrogen-bond acceptors (Lipinski definition) is 3. The van der Waals surface area contributed by atoms with Crippen LogP contribution in [-0.2, 0) is 14.3 Å². The molecule has 0 aromatic heterocycles. The Balaban J connectivity index is 1.59. The van der Waals surface area contributed by atoms with Gasteiger partial charge in [0.2, 0.25) is 11.8 Å². The fourth-order valence-electron chi connectivity index (χ4n) is 2.95. The van der Waals surface area contributed by atoms with Crippen LogP contribution in [0.1, 0.15) is 19.3 Å². The van der Waals surface area contributed by atoms with E-state index in [-0.39, 0.29) is 35.9 Å². The number of anilines is 1. The molecule has 2 fully saturated rings. The molecule has 23 heavy (non-hydrogen) atoms. The van der Waals surface area contributed by atoms with Gasteiger partial charge < -0.3 is 15.0 Å². The minimum atomic E-state index is -0.534. The Kier molecular flexibility index (Phi) is 4.82. The number of rotatable bonds is 4. The van der Waals surface area contributed by atoms with E-state index >= 15 is 0 Å². The molecule has 0 aliphatic carbocycles. The summed E-state index contributed by atoms with van der Waals surface area (Å²) >= 11 is 5.76. The summed E-state index contributed by atoms with van der Waals surface area (Å²) in [7, 11) is 0. The Bertz CT molecular complexity index is 619. The molecule has 2 aliphatic rings. The van der Waals surface area contributed by atoms with Crippen molar-refractivity contribution in [2.75, 3.05) is 24.6 Å². The van der Waals surface area contributed by atoms with E-state index in [9.17, 15) is 14.0 Å². The second-order valence-electron chi connectivity index (χ2n) is 5.88. The minimum absolute atomic E-state index is 0.0402. The number of amides is 2. The summed E-state index contributed by atoms with van der Waals surface area (Å²) in [6.07, 6.45) is 2.18. The molecule has 1 aromatic rings. The summed E-state index contributed by atoms with van der Waals surface area (Å²) in [5.74, 6) is -1.25. The van der Waals surface area contributed by atoms with Crippen LogP contribution in [-0.4, -0.2) is 37.6 Å². The highest BCUT2D eigenvalue weighted by atomic mass is 35.5. The lowest BCUT2D eigenvalue weighted by Gasteiger charge is -2.17. The fraction of sp³-hybridized carbons (Fsp3) is 0.500. The van der Waals surface area contributed by atoms with Crippen molar-refractivity contribution in [3.05, 3.63) is 29.0 Å². The largest absolute Gasteiger partial charge is 0.376 e. The average molecular weight is 341 g/mol. The van der Waals surface area contributed by atoms with Gasteiger partial charge in [-0.3, -0.25) is 9.59 Å². The highest BCUT2D eigenvalue weighted by Gasteiger charge is 2.35. The second-order valence-corrected chi connectivity index (χ2v) is 6.29. The third-order valence-corrected chi connectivity index (χ3v) is 4.53. The maximum atomic E-state index is 13.2. The van der Waals surface area contributed by atoms with Gasteiger partial charge in [0.1, 0.15) is 5.82 Å². The summed E-state index contributed by atoms with van der Waals surface area (Å²) in [4.78, 5) is 25.8. The normalized spacial score (nSPS) is 24.3. The Labute approximate surface area is 138 Å². The third kappa shape index (κ3) is 3.64. The first-order valence-corrected chi connectivity index (χ1v) is 8.07. The van der Waals surface area contributed by atoms with Crippen LogP contribution in [0.15, 0.2) is 18.2 Å². The molecular weight excluding hydrogens is 323 g/mol. The quantitative estimate of drug-likeness (QED) is 0.913. The van der Waals surface area contributed by atoms with Gasteiger partial charge in [0.05, 0.1) is 17.0 Å². The molecule has 2 aliphatic heterocycles. The summed E-state index contributed by atoms with van der Waals surface area (Å²) in [6, 6.07) is 4.11. The molecule has 0 bridgehead atoms. The van der Waals surface area contributed by atoms with Crippen molar-refractivity contribution in [1.82, 2.24) is 5.32 Å². The lowest BCUT2D eigenvalue weighted by atomic mass is 10.1. The van der Waals surface area contributed by atoms with E-state index in [1.807, 2.05) is 0 Å². The monoisotopic (exact) mass is 340 g/mol. The molecule has 0 saturated carbocycles. The zero-order valence-corrected chi connectivity index (χ0v) is 13.3. The van der Waals surface area contributed by atoms with E-state index in [1.54, 1.807) is 0 Å². The lowest BCUT2D eigenvalue weighted by molar-refractivity contribution is -0.126. The maximum absolute atomic E-state index is 13.2. The number of nitrogens with zero attached hydrogens (tertiary/aromatic N) is 1. The molecule has 3 rings (SSSR count). The lowest BCUT2D eigenvalue weighted by Crippen LogP contribution is -2.37. The van der Waals surface area contributed by atoms with Crippen molar-refractivity contribution in [2.24, 2.45) is 5.92 Å². The Morgan fingerprint density at radius 3 is 3.00 bits per heavy atom. The van der Waals surface area contributed by atoms with Crippen molar-refractivity contribution >= 4 is 29.1 Å². The standard InChI is InChI=1S/C16H18ClFN2O3/c17-13-7-11(3-4-14(13)18)20-9-10(6-15(20)21)16(22)19-8-12-2-1-5-23-12/h3-4,7,10,12H,1-2,5-6,8-9H2,(H,19,22)/t10-,12-/m1/s1.